The maximum absolute atomic E-state index is 11.9. The van der Waals surface area contributed by atoms with Crippen LogP contribution < -0.4 is 0 Å². The van der Waals surface area contributed by atoms with Gasteiger partial charge in [0.15, 0.2) is 5.84 Å². The molecule has 0 N–H and O–H groups in total. The predicted octanol–water partition coefficient (Wildman–Crippen LogP) is 2.38. The lowest BCUT2D eigenvalue weighted by molar-refractivity contribution is 0.599. The molecule has 2 aliphatic rings. The first-order chi connectivity index (χ1) is 8.58. The highest BCUT2D eigenvalue weighted by atomic mass is 35.5. The highest BCUT2D eigenvalue weighted by Crippen LogP contribution is 2.32. The Morgan fingerprint density at radius 3 is 2.72 bits per heavy atom. The molecule has 96 valence electrons. The number of nitrogens with zero attached hydrogens (tertiary/aromatic N) is 2. The second-order valence-corrected chi connectivity index (χ2v) is 8.08. The normalized spacial score (nSPS) is 21.7. The van der Waals surface area contributed by atoms with Gasteiger partial charge in [0, 0.05) is 11.5 Å². The fraction of sp³-hybridized carbons (Fsp3) is 0.364. The van der Waals surface area contributed by atoms with Gasteiger partial charge in [-0.2, -0.15) is 8.42 Å². The van der Waals surface area contributed by atoms with Crippen LogP contribution in [-0.4, -0.2) is 25.8 Å². The molecule has 0 amide bonds. The molecule has 2 aliphatic heterocycles. The van der Waals surface area contributed by atoms with Gasteiger partial charge >= 0.3 is 0 Å². The van der Waals surface area contributed by atoms with Crippen LogP contribution in [0.2, 0.25) is 5.02 Å². The van der Waals surface area contributed by atoms with E-state index in [1.54, 1.807) is 12.1 Å². The monoisotopic (exact) mass is 302 g/mol. The molecule has 1 saturated heterocycles. The maximum Gasteiger partial charge on any atom is 0.285 e. The lowest BCUT2D eigenvalue weighted by Gasteiger charge is -2.01. The van der Waals surface area contributed by atoms with Gasteiger partial charge in [0.2, 0.25) is 0 Å². The highest BCUT2D eigenvalue weighted by molar-refractivity contribution is 7.91. The zero-order chi connectivity index (χ0) is 12.8. The molecule has 0 aromatic heterocycles. The molecule has 0 bridgehead atoms. The van der Waals surface area contributed by atoms with E-state index >= 15 is 0 Å². The van der Waals surface area contributed by atoms with E-state index in [4.69, 9.17) is 11.6 Å². The summed E-state index contributed by atoms with van der Waals surface area (Å²) >= 11 is 6.07. The third-order valence-electron chi connectivity index (χ3n) is 2.91. The number of sulfonamides is 1. The third kappa shape index (κ3) is 2.02. The molecule has 3 rings (SSSR count). The molecule has 0 radical (unpaired) electrons. The summed E-state index contributed by atoms with van der Waals surface area (Å²) in [4.78, 5) is 0.177. The molecule has 0 aliphatic carbocycles. The number of amidine groups is 1. The number of hydrogen-bond acceptors (Lipinski definition) is 3. The van der Waals surface area contributed by atoms with Gasteiger partial charge in [0.1, 0.15) is 4.90 Å². The van der Waals surface area contributed by atoms with Gasteiger partial charge < -0.3 is 0 Å². The minimum atomic E-state index is -3.60. The second-order valence-electron chi connectivity index (χ2n) is 4.17. The van der Waals surface area contributed by atoms with E-state index in [0.29, 0.717) is 16.4 Å². The van der Waals surface area contributed by atoms with Gasteiger partial charge in [-0.05, 0) is 25.0 Å². The summed E-state index contributed by atoms with van der Waals surface area (Å²) in [7, 11) is -3.70. The molecule has 0 unspecified atom stereocenters. The number of halogens is 1. The Kier molecular flexibility index (Phi) is 3.03. The van der Waals surface area contributed by atoms with Crippen molar-refractivity contribution in [3.8, 4) is 0 Å². The van der Waals surface area contributed by atoms with Crippen molar-refractivity contribution in [3.05, 3.63) is 28.8 Å². The van der Waals surface area contributed by atoms with Crippen molar-refractivity contribution < 1.29 is 8.42 Å². The van der Waals surface area contributed by atoms with E-state index in [1.807, 2.05) is 0 Å². The SMILES string of the molecule is O=S1(=O)N=C(N=S2CCCC2)c2c(Cl)cccc21. The van der Waals surface area contributed by atoms with Gasteiger partial charge in [-0.3, -0.25) is 0 Å². The smallest absolute Gasteiger partial charge is 0.206 e. The van der Waals surface area contributed by atoms with E-state index in [1.165, 1.54) is 6.07 Å². The maximum atomic E-state index is 11.9. The van der Waals surface area contributed by atoms with E-state index in [0.717, 1.165) is 24.3 Å². The van der Waals surface area contributed by atoms with Crippen LogP contribution in [0.4, 0.5) is 0 Å². The van der Waals surface area contributed by atoms with Gasteiger partial charge in [-0.25, -0.2) is 4.36 Å². The van der Waals surface area contributed by atoms with Crippen LogP contribution in [0.25, 0.3) is 0 Å². The molecule has 0 saturated carbocycles. The van der Waals surface area contributed by atoms with E-state index in [9.17, 15) is 8.42 Å². The Morgan fingerprint density at radius 1 is 1.28 bits per heavy atom. The van der Waals surface area contributed by atoms with Crippen molar-refractivity contribution >= 4 is 38.2 Å². The molecule has 7 heteroatoms. The number of fused-ring (bicyclic) bond motifs is 1. The molecular weight excluding hydrogens is 292 g/mol. The molecule has 0 spiro atoms. The van der Waals surface area contributed by atoms with Crippen molar-refractivity contribution in [2.45, 2.75) is 17.7 Å². The average Bonchev–Trinajstić information content (AvgIpc) is 2.88. The van der Waals surface area contributed by atoms with Crippen molar-refractivity contribution in [1.29, 1.82) is 0 Å². The molecule has 1 aromatic carbocycles. The largest absolute Gasteiger partial charge is 0.285 e. The summed E-state index contributed by atoms with van der Waals surface area (Å²) < 4.78 is 32.0. The highest BCUT2D eigenvalue weighted by Gasteiger charge is 2.31. The first-order valence-electron chi connectivity index (χ1n) is 5.61. The minimum Gasteiger partial charge on any atom is -0.206 e. The molecule has 18 heavy (non-hydrogen) atoms. The Balaban J connectivity index is 2.16. The Hall–Kier alpha value is -0.720. The molecular formula is C11H11ClN2O2S2. The van der Waals surface area contributed by atoms with Crippen LogP contribution in [0.3, 0.4) is 0 Å². The fourth-order valence-electron chi connectivity index (χ4n) is 2.06. The average molecular weight is 303 g/mol. The standard InChI is InChI=1S/C11H11ClN2O2S2/c12-8-4-3-5-9-10(8)11(14-18(9,15)16)13-17-6-1-2-7-17/h3-5H,1-2,6-7H2. The van der Waals surface area contributed by atoms with Crippen LogP contribution in [-0.2, 0) is 20.7 Å². The quantitative estimate of drug-likeness (QED) is 0.739. The fourth-order valence-corrected chi connectivity index (χ4v) is 5.43. The van der Waals surface area contributed by atoms with E-state index in [2.05, 4.69) is 8.76 Å². The lowest BCUT2D eigenvalue weighted by atomic mass is 10.2. The van der Waals surface area contributed by atoms with Crippen molar-refractivity contribution in [2.75, 3.05) is 11.5 Å². The van der Waals surface area contributed by atoms with Crippen molar-refractivity contribution in [1.82, 2.24) is 0 Å². The van der Waals surface area contributed by atoms with E-state index in [-0.39, 0.29) is 15.6 Å². The third-order valence-corrected chi connectivity index (χ3v) is 6.48. The Labute approximate surface area is 113 Å². The Bertz CT molecular complexity index is 672. The first kappa shape index (κ1) is 12.3. The summed E-state index contributed by atoms with van der Waals surface area (Å²) in [6.45, 7) is 0. The summed E-state index contributed by atoms with van der Waals surface area (Å²) in [5.41, 5.74) is 0.471. The Morgan fingerprint density at radius 2 is 2.00 bits per heavy atom. The van der Waals surface area contributed by atoms with Crippen LogP contribution >= 0.6 is 11.6 Å². The van der Waals surface area contributed by atoms with Crippen LogP contribution in [0, 0.1) is 0 Å². The molecule has 0 atom stereocenters. The topological polar surface area (TPSA) is 58.9 Å². The number of benzene rings is 1. The summed E-state index contributed by atoms with van der Waals surface area (Å²) in [6, 6.07) is 4.82. The van der Waals surface area contributed by atoms with E-state index < -0.39 is 10.0 Å². The van der Waals surface area contributed by atoms with Crippen molar-refractivity contribution in [2.24, 2.45) is 8.76 Å². The second kappa shape index (κ2) is 4.43. The summed E-state index contributed by atoms with van der Waals surface area (Å²) in [5.74, 6) is 2.35. The van der Waals surface area contributed by atoms with Gasteiger partial charge in [0.05, 0.1) is 10.6 Å². The zero-order valence-corrected chi connectivity index (χ0v) is 11.9. The molecule has 4 nitrogen and oxygen atoms in total. The summed E-state index contributed by atoms with van der Waals surface area (Å²) in [6.07, 6.45) is 2.31. The predicted molar refractivity (Wildman–Crippen MR) is 73.9 cm³/mol. The van der Waals surface area contributed by atoms with Crippen LogP contribution in [0.1, 0.15) is 18.4 Å². The van der Waals surface area contributed by atoms with Gasteiger partial charge in [-0.1, -0.05) is 28.4 Å². The first-order valence-corrected chi connectivity index (χ1v) is 8.95. The minimum absolute atomic E-state index is 0.0948. The van der Waals surface area contributed by atoms with Crippen LogP contribution in [0.15, 0.2) is 31.9 Å². The molecule has 1 aromatic rings. The molecule has 2 heterocycles. The lowest BCUT2D eigenvalue weighted by Crippen LogP contribution is -2.00. The summed E-state index contributed by atoms with van der Waals surface area (Å²) in [5, 5.41) is 0.402. The zero-order valence-electron chi connectivity index (χ0n) is 9.47. The number of hydrogen-bond donors (Lipinski definition) is 0. The van der Waals surface area contributed by atoms with Crippen LogP contribution in [0.5, 0.6) is 0 Å². The molecule has 1 fully saturated rings. The number of rotatable bonds is 0. The van der Waals surface area contributed by atoms with Gasteiger partial charge in [-0.15, -0.1) is 4.40 Å². The van der Waals surface area contributed by atoms with Gasteiger partial charge in [0.25, 0.3) is 10.0 Å². The van der Waals surface area contributed by atoms with Crippen molar-refractivity contribution in [3.63, 3.8) is 0 Å².